The van der Waals surface area contributed by atoms with E-state index in [9.17, 15) is 4.79 Å². The summed E-state index contributed by atoms with van der Waals surface area (Å²) in [5.41, 5.74) is 1.55. The monoisotopic (exact) mass is 340 g/mol. The first-order valence-corrected chi connectivity index (χ1v) is 7.42. The number of benzene rings is 3. The standard InChI is InChI=1S/C18H13BrO2/c19-17-9-8-14-6-7-15(10-16(14)11-17)18(20)21-12-13-4-2-1-3-5-13/h1-11H,12H2. The Morgan fingerprint density at radius 2 is 1.67 bits per heavy atom. The maximum absolute atomic E-state index is 12.1. The summed E-state index contributed by atoms with van der Waals surface area (Å²) in [5, 5.41) is 2.11. The predicted octanol–water partition coefficient (Wildman–Crippen LogP) is 4.96. The summed E-state index contributed by atoms with van der Waals surface area (Å²) in [5.74, 6) is -0.305. The van der Waals surface area contributed by atoms with Gasteiger partial charge in [-0.1, -0.05) is 58.4 Å². The quantitative estimate of drug-likeness (QED) is 0.630. The summed E-state index contributed by atoms with van der Waals surface area (Å²) in [6.07, 6.45) is 0. The van der Waals surface area contributed by atoms with Crippen LogP contribution in [0, 0.1) is 0 Å². The Balaban J connectivity index is 1.78. The molecule has 0 spiro atoms. The van der Waals surface area contributed by atoms with E-state index in [0.717, 1.165) is 20.8 Å². The molecule has 0 N–H and O–H groups in total. The zero-order valence-corrected chi connectivity index (χ0v) is 12.8. The minimum absolute atomic E-state index is 0.288. The van der Waals surface area contributed by atoms with Crippen molar-refractivity contribution in [1.82, 2.24) is 0 Å². The van der Waals surface area contributed by atoms with Crippen molar-refractivity contribution in [2.75, 3.05) is 0 Å². The zero-order valence-electron chi connectivity index (χ0n) is 11.3. The summed E-state index contributed by atoms with van der Waals surface area (Å²) < 4.78 is 6.33. The molecule has 3 aromatic rings. The zero-order chi connectivity index (χ0) is 14.7. The lowest BCUT2D eigenvalue weighted by Crippen LogP contribution is -2.05. The van der Waals surface area contributed by atoms with Crippen LogP contribution < -0.4 is 0 Å². The lowest BCUT2D eigenvalue weighted by Gasteiger charge is -2.06. The summed E-state index contributed by atoms with van der Waals surface area (Å²) >= 11 is 3.44. The van der Waals surface area contributed by atoms with Gasteiger partial charge in [0.05, 0.1) is 5.56 Å². The van der Waals surface area contributed by atoms with E-state index < -0.39 is 0 Å². The van der Waals surface area contributed by atoms with Gasteiger partial charge in [-0.2, -0.15) is 0 Å². The second-order valence-corrected chi connectivity index (χ2v) is 5.68. The van der Waals surface area contributed by atoms with Gasteiger partial charge in [-0.05, 0) is 40.6 Å². The first-order chi connectivity index (χ1) is 10.2. The molecule has 0 saturated carbocycles. The number of halogens is 1. The predicted molar refractivity (Wildman–Crippen MR) is 87.2 cm³/mol. The fourth-order valence-electron chi connectivity index (χ4n) is 2.15. The molecule has 104 valence electrons. The van der Waals surface area contributed by atoms with Crippen LogP contribution in [-0.2, 0) is 11.3 Å². The average Bonchev–Trinajstić information content (AvgIpc) is 2.53. The third-order valence-corrected chi connectivity index (χ3v) is 3.74. The Labute approximate surface area is 131 Å². The maximum Gasteiger partial charge on any atom is 0.338 e. The summed E-state index contributed by atoms with van der Waals surface area (Å²) in [4.78, 5) is 12.1. The molecule has 0 aromatic heterocycles. The highest BCUT2D eigenvalue weighted by molar-refractivity contribution is 9.10. The Bertz CT molecular complexity index is 782. The van der Waals surface area contributed by atoms with Crippen molar-refractivity contribution in [2.24, 2.45) is 0 Å². The first-order valence-electron chi connectivity index (χ1n) is 6.63. The molecule has 0 bridgehead atoms. The molecule has 2 nitrogen and oxygen atoms in total. The van der Waals surface area contributed by atoms with Crippen LogP contribution in [-0.4, -0.2) is 5.97 Å². The van der Waals surface area contributed by atoms with Crippen molar-refractivity contribution < 1.29 is 9.53 Å². The SMILES string of the molecule is O=C(OCc1ccccc1)c1ccc2ccc(Br)cc2c1. The molecule has 0 saturated heterocycles. The summed E-state index contributed by atoms with van der Waals surface area (Å²) in [6.45, 7) is 0.288. The van der Waals surface area contributed by atoms with Gasteiger partial charge in [0, 0.05) is 4.47 Å². The number of carbonyl (C=O) groups is 1. The number of rotatable bonds is 3. The van der Waals surface area contributed by atoms with Crippen molar-refractivity contribution in [2.45, 2.75) is 6.61 Å². The molecule has 0 atom stereocenters. The van der Waals surface area contributed by atoms with E-state index in [-0.39, 0.29) is 12.6 Å². The van der Waals surface area contributed by atoms with Crippen molar-refractivity contribution in [3.8, 4) is 0 Å². The first kappa shape index (κ1) is 13.8. The van der Waals surface area contributed by atoms with Gasteiger partial charge in [0.25, 0.3) is 0 Å². The van der Waals surface area contributed by atoms with E-state index in [0.29, 0.717) is 5.56 Å². The average molecular weight is 341 g/mol. The summed E-state index contributed by atoms with van der Waals surface area (Å²) in [6, 6.07) is 21.2. The molecule has 0 aliphatic heterocycles. The maximum atomic E-state index is 12.1. The van der Waals surface area contributed by atoms with Gasteiger partial charge >= 0.3 is 5.97 Å². The van der Waals surface area contributed by atoms with Gasteiger partial charge in [-0.3, -0.25) is 0 Å². The minimum atomic E-state index is -0.305. The van der Waals surface area contributed by atoms with Crippen LogP contribution in [0.4, 0.5) is 0 Å². The molecule has 3 aromatic carbocycles. The molecule has 3 heteroatoms. The molecule has 0 unspecified atom stereocenters. The van der Waals surface area contributed by atoms with Gasteiger partial charge in [0.1, 0.15) is 6.61 Å². The van der Waals surface area contributed by atoms with E-state index in [1.807, 2.05) is 60.7 Å². The normalized spacial score (nSPS) is 10.5. The molecule has 0 heterocycles. The lowest BCUT2D eigenvalue weighted by atomic mass is 10.1. The number of carbonyl (C=O) groups excluding carboxylic acids is 1. The highest BCUT2D eigenvalue weighted by atomic mass is 79.9. The Morgan fingerprint density at radius 1 is 0.905 bits per heavy atom. The number of hydrogen-bond donors (Lipinski definition) is 0. The Morgan fingerprint density at radius 3 is 2.48 bits per heavy atom. The molecule has 3 rings (SSSR count). The van der Waals surface area contributed by atoms with Crippen LogP contribution in [0.15, 0.2) is 71.2 Å². The Hall–Kier alpha value is -2.13. The van der Waals surface area contributed by atoms with E-state index in [1.54, 1.807) is 6.07 Å². The highest BCUT2D eigenvalue weighted by Gasteiger charge is 2.08. The fraction of sp³-hybridized carbons (Fsp3) is 0.0556. The summed E-state index contributed by atoms with van der Waals surface area (Å²) in [7, 11) is 0. The smallest absolute Gasteiger partial charge is 0.338 e. The highest BCUT2D eigenvalue weighted by Crippen LogP contribution is 2.21. The van der Waals surface area contributed by atoms with Crippen molar-refractivity contribution >= 4 is 32.7 Å². The van der Waals surface area contributed by atoms with Gasteiger partial charge in [-0.25, -0.2) is 4.79 Å². The van der Waals surface area contributed by atoms with Crippen LogP contribution in [0.2, 0.25) is 0 Å². The van der Waals surface area contributed by atoms with Gasteiger partial charge in [-0.15, -0.1) is 0 Å². The topological polar surface area (TPSA) is 26.3 Å². The molecule has 0 fully saturated rings. The third kappa shape index (κ3) is 3.31. The number of ether oxygens (including phenoxy) is 1. The van der Waals surface area contributed by atoms with Crippen molar-refractivity contribution in [3.63, 3.8) is 0 Å². The van der Waals surface area contributed by atoms with E-state index in [4.69, 9.17) is 4.74 Å². The Kier molecular flexibility index (Phi) is 4.02. The number of esters is 1. The van der Waals surface area contributed by atoms with Crippen LogP contribution in [0.25, 0.3) is 10.8 Å². The third-order valence-electron chi connectivity index (χ3n) is 3.25. The molecule has 0 aliphatic carbocycles. The molecule has 0 aliphatic rings. The van der Waals surface area contributed by atoms with E-state index in [1.165, 1.54) is 0 Å². The second kappa shape index (κ2) is 6.10. The minimum Gasteiger partial charge on any atom is -0.457 e. The van der Waals surface area contributed by atoms with Gasteiger partial charge in [0.15, 0.2) is 0 Å². The molecular formula is C18H13BrO2. The molecule has 0 radical (unpaired) electrons. The fourth-order valence-corrected chi connectivity index (χ4v) is 2.53. The van der Waals surface area contributed by atoms with Crippen LogP contribution >= 0.6 is 15.9 Å². The van der Waals surface area contributed by atoms with Crippen LogP contribution in [0.5, 0.6) is 0 Å². The largest absolute Gasteiger partial charge is 0.457 e. The second-order valence-electron chi connectivity index (χ2n) is 4.77. The molecular weight excluding hydrogens is 328 g/mol. The number of fused-ring (bicyclic) bond motifs is 1. The van der Waals surface area contributed by atoms with Gasteiger partial charge in [0.2, 0.25) is 0 Å². The molecule has 21 heavy (non-hydrogen) atoms. The van der Waals surface area contributed by atoms with Crippen LogP contribution in [0.1, 0.15) is 15.9 Å². The van der Waals surface area contributed by atoms with E-state index >= 15 is 0 Å². The molecule has 0 amide bonds. The van der Waals surface area contributed by atoms with E-state index in [2.05, 4.69) is 15.9 Å². The number of hydrogen-bond acceptors (Lipinski definition) is 2. The van der Waals surface area contributed by atoms with Gasteiger partial charge < -0.3 is 4.74 Å². The van der Waals surface area contributed by atoms with Crippen molar-refractivity contribution in [3.05, 3.63) is 82.3 Å². The van der Waals surface area contributed by atoms with Crippen molar-refractivity contribution in [1.29, 1.82) is 0 Å². The lowest BCUT2D eigenvalue weighted by molar-refractivity contribution is 0.0473. The van der Waals surface area contributed by atoms with Crippen LogP contribution in [0.3, 0.4) is 0 Å².